The molecule has 2 unspecified atom stereocenters. The molecule has 12 nitrogen and oxygen atoms in total. The zero-order valence-corrected chi connectivity index (χ0v) is 35.6. The van der Waals surface area contributed by atoms with Crippen molar-refractivity contribution in [1.82, 2.24) is 0 Å². The topological polar surface area (TPSA) is 189 Å². The standard InChI is InChI=1S/C43H77O12P/c1-4-6-7-8-9-10-11-12-16-19-22-25-29-40(46)41(47)30-27-32-43(49)55-39(36-54-56(50,51)53-34-38(45)33-44)35-52-42(48)31-26-23-20-17-14-13-15-18-21-24-28-37(3)5-2/h6-7,9-10,12,16,22,25,37-41,44-47H,4-5,8,11,13-15,17-21,23-24,26-36H2,1-3H3,(H,50,51)/b7-6-,10-9-,16-12-,25-22-/t37?,38-,39+,40+,41+/m0/s1. The summed E-state index contributed by atoms with van der Waals surface area (Å²) in [5.74, 6) is -0.391. The number of phosphoric ester groups is 1. The average molecular weight is 817 g/mol. The van der Waals surface area contributed by atoms with Gasteiger partial charge in [0, 0.05) is 12.8 Å². The van der Waals surface area contributed by atoms with Crippen molar-refractivity contribution in [3.05, 3.63) is 48.6 Å². The lowest BCUT2D eigenvalue weighted by Gasteiger charge is -2.20. The zero-order valence-electron chi connectivity index (χ0n) is 34.7. The third-order valence-corrected chi connectivity index (χ3v) is 10.2. The van der Waals surface area contributed by atoms with Gasteiger partial charge >= 0.3 is 19.8 Å². The first kappa shape index (κ1) is 53.9. The Morgan fingerprint density at radius 3 is 1.71 bits per heavy atom. The first-order chi connectivity index (χ1) is 26.9. The molecule has 5 N–H and O–H groups in total. The Hall–Kier alpha value is -2.15. The third-order valence-electron chi connectivity index (χ3n) is 9.24. The van der Waals surface area contributed by atoms with Crippen LogP contribution >= 0.6 is 7.82 Å². The number of rotatable bonds is 38. The van der Waals surface area contributed by atoms with Crippen molar-refractivity contribution in [2.24, 2.45) is 5.92 Å². The Bertz CT molecular complexity index is 1120. The summed E-state index contributed by atoms with van der Waals surface area (Å²) in [6.07, 6.45) is 29.7. The normalized spacial score (nSPS) is 16.1. The maximum absolute atomic E-state index is 12.6. The van der Waals surface area contributed by atoms with E-state index in [1.807, 2.05) is 12.2 Å². The monoisotopic (exact) mass is 817 g/mol. The van der Waals surface area contributed by atoms with E-state index in [4.69, 9.17) is 19.1 Å². The third kappa shape index (κ3) is 35.0. The fraction of sp³-hybridized carbons (Fsp3) is 0.767. The molecule has 0 aromatic carbocycles. The Kier molecular flexibility index (Phi) is 35.7. The highest BCUT2D eigenvalue weighted by atomic mass is 31.2. The van der Waals surface area contributed by atoms with E-state index in [9.17, 15) is 34.4 Å². The maximum Gasteiger partial charge on any atom is 0.472 e. The number of phosphoric acid groups is 1. The first-order valence-electron chi connectivity index (χ1n) is 21.2. The Morgan fingerprint density at radius 1 is 0.625 bits per heavy atom. The minimum absolute atomic E-state index is 0.130. The molecule has 13 heteroatoms. The number of hydrogen-bond donors (Lipinski definition) is 5. The van der Waals surface area contributed by atoms with Crippen LogP contribution in [0.4, 0.5) is 0 Å². The highest BCUT2D eigenvalue weighted by Crippen LogP contribution is 2.43. The van der Waals surface area contributed by atoms with Gasteiger partial charge in [-0.2, -0.15) is 0 Å². The van der Waals surface area contributed by atoms with Gasteiger partial charge in [-0.1, -0.05) is 140 Å². The van der Waals surface area contributed by atoms with Crippen molar-refractivity contribution in [2.45, 2.75) is 180 Å². The largest absolute Gasteiger partial charge is 0.472 e. The van der Waals surface area contributed by atoms with Crippen LogP contribution in [0.25, 0.3) is 0 Å². The molecule has 0 aliphatic rings. The van der Waals surface area contributed by atoms with Crippen LogP contribution in [0.1, 0.15) is 156 Å². The van der Waals surface area contributed by atoms with Crippen LogP contribution in [0.2, 0.25) is 0 Å². The molecule has 0 aliphatic carbocycles. The van der Waals surface area contributed by atoms with Crippen LogP contribution in [0.5, 0.6) is 0 Å². The SMILES string of the molecule is CC/C=C\C/C=C\C/C=C\C/C=C\C[C@@H](O)[C@H](O)CCCC(=O)O[C@H](COC(=O)CCCCCCCCCCCCC(C)CC)COP(=O)(O)OC[C@@H](O)CO. The smallest absolute Gasteiger partial charge is 0.462 e. The summed E-state index contributed by atoms with van der Waals surface area (Å²) in [5.41, 5.74) is 0. The van der Waals surface area contributed by atoms with Crippen molar-refractivity contribution in [2.75, 3.05) is 26.4 Å². The van der Waals surface area contributed by atoms with Crippen molar-refractivity contribution in [3.63, 3.8) is 0 Å². The van der Waals surface area contributed by atoms with Crippen molar-refractivity contribution in [1.29, 1.82) is 0 Å². The number of carbonyl (C=O) groups excluding carboxylic acids is 2. The average Bonchev–Trinajstić information content (AvgIpc) is 3.18. The van der Waals surface area contributed by atoms with E-state index in [1.54, 1.807) is 6.08 Å². The molecule has 0 amide bonds. The lowest BCUT2D eigenvalue weighted by molar-refractivity contribution is -0.161. The molecule has 0 aromatic rings. The highest BCUT2D eigenvalue weighted by molar-refractivity contribution is 7.47. The molecule has 0 saturated carbocycles. The van der Waals surface area contributed by atoms with Gasteiger partial charge in [0.1, 0.15) is 12.7 Å². The van der Waals surface area contributed by atoms with Gasteiger partial charge in [0.25, 0.3) is 0 Å². The van der Waals surface area contributed by atoms with E-state index in [-0.39, 0.29) is 32.1 Å². The number of ether oxygens (including phenoxy) is 2. The number of aliphatic hydroxyl groups is 4. The molecule has 0 spiro atoms. The van der Waals surface area contributed by atoms with Gasteiger partial charge in [-0.05, 0) is 57.3 Å². The van der Waals surface area contributed by atoms with E-state index >= 15 is 0 Å². The van der Waals surface area contributed by atoms with Crippen LogP contribution in [0, 0.1) is 5.92 Å². The quantitative estimate of drug-likeness (QED) is 0.0173. The summed E-state index contributed by atoms with van der Waals surface area (Å²) >= 11 is 0. The number of hydrogen-bond acceptors (Lipinski definition) is 11. The van der Waals surface area contributed by atoms with E-state index in [2.05, 4.69) is 55.7 Å². The fourth-order valence-electron chi connectivity index (χ4n) is 5.47. The molecule has 0 aliphatic heterocycles. The fourth-order valence-corrected chi connectivity index (χ4v) is 6.26. The zero-order chi connectivity index (χ0) is 41.7. The van der Waals surface area contributed by atoms with E-state index < -0.39 is 70.6 Å². The Labute approximate surface area is 338 Å². The molecular formula is C43H77O12P. The minimum Gasteiger partial charge on any atom is -0.462 e. The number of esters is 2. The number of allylic oxidation sites excluding steroid dienone is 7. The lowest BCUT2D eigenvalue weighted by Crippen LogP contribution is -2.30. The van der Waals surface area contributed by atoms with Gasteiger partial charge in [0.2, 0.25) is 0 Å². The predicted octanol–water partition coefficient (Wildman–Crippen LogP) is 8.74. The van der Waals surface area contributed by atoms with Crippen molar-refractivity contribution in [3.8, 4) is 0 Å². The minimum atomic E-state index is -4.70. The number of unbranched alkanes of at least 4 members (excludes halogenated alkanes) is 9. The maximum atomic E-state index is 12.6. The second kappa shape index (κ2) is 37.1. The molecular weight excluding hydrogens is 739 g/mol. The summed E-state index contributed by atoms with van der Waals surface area (Å²) in [6.45, 7) is 4.25. The van der Waals surface area contributed by atoms with E-state index in [0.29, 0.717) is 12.8 Å². The summed E-state index contributed by atoms with van der Waals surface area (Å²) in [5, 5.41) is 39.0. The molecule has 0 heterocycles. The van der Waals surface area contributed by atoms with Gasteiger partial charge in [-0.3, -0.25) is 18.6 Å². The van der Waals surface area contributed by atoms with Gasteiger partial charge in [-0.25, -0.2) is 4.57 Å². The lowest BCUT2D eigenvalue weighted by atomic mass is 9.99. The second-order valence-electron chi connectivity index (χ2n) is 14.5. The van der Waals surface area contributed by atoms with Crippen LogP contribution in [0.15, 0.2) is 48.6 Å². The molecule has 0 fully saturated rings. The van der Waals surface area contributed by atoms with Gasteiger partial charge in [0.15, 0.2) is 6.10 Å². The molecule has 0 aromatic heterocycles. The van der Waals surface area contributed by atoms with Crippen LogP contribution in [-0.2, 0) is 32.7 Å². The van der Waals surface area contributed by atoms with Crippen LogP contribution in [-0.4, -0.2) is 88.1 Å². The second-order valence-corrected chi connectivity index (χ2v) is 16.0. The van der Waals surface area contributed by atoms with E-state index in [1.165, 1.54) is 51.4 Å². The first-order valence-corrected chi connectivity index (χ1v) is 22.6. The molecule has 0 bridgehead atoms. The summed E-state index contributed by atoms with van der Waals surface area (Å²) in [6, 6.07) is 0. The van der Waals surface area contributed by atoms with Crippen molar-refractivity contribution >= 4 is 19.8 Å². The molecule has 0 radical (unpaired) electrons. The molecule has 6 atom stereocenters. The Morgan fingerprint density at radius 2 is 1.14 bits per heavy atom. The van der Waals surface area contributed by atoms with Crippen LogP contribution < -0.4 is 0 Å². The summed E-state index contributed by atoms with van der Waals surface area (Å²) in [7, 11) is -4.70. The van der Waals surface area contributed by atoms with Crippen LogP contribution in [0.3, 0.4) is 0 Å². The molecule has 0 saturated heterocycles. The van der Waals surface area contributed by atoms with Gasteiger partial charge in [0.05, 0.1) is 32.0 Å². The predicted molar refractivity (Wildman–Crippen MR) is 222 cm³/mol. The van der Waals surface area contributed by atoms with Crippen molar-refractivity contribution < 1.29 is 58.0 Å². The van der Waals surface area contributed by atoms with Gasteiger partial charge in [-0.15, -0.1) is 0 Å². The molecule has 326 valence electrons. The summed E-state index contributed by atoms with van der Waals surface area (Å²) in [4.78, 5) is 35.0. The number of carbonyl (C=O) groups is 2. The van der Waals surface area contributed by atoms with E-state index in [0.717, 1.165) is 44.4 Å². The van der Waals surface area contributed by atoms with Gasteiger partial charge < -0.3 is 34.8 Å². The highest BCUT2D eigenvalue weighted by Gasteiger charge is 2.27. The number of aliphatic hydroxyl groups excluding tert-OH is 4. The molecule has 0 rings (SSSR count). The summed E-state index contributed by atoms with van der Waals surface area (Å²) < 4.78 is 32.5. The Balaban J connectivity index is 4.59. The molecule has 56 heavy (non-hydrogen) atoms.